The van der Waals surface area contributed by atoms with Gasteiger partial charge < -0.3 is 26.1 Å². The normalized spacial score (nSPS) is 15.4. The molecule has 0 unspecified atom stereocenters. The quantitative estimate of drug-likeness (QED) is 0.404. The van der Waals surface area contributed by atoms with Crippen LogP contribution in [0.1, 0.15) is 25.7 Å². The third-order valence-corrected chi connectivity index (χ3v) is 6.64. The fourth-order valence-electron chi connectivity index (χ4n) is 4.10. The van der Waals surface area contributed by atoms with Crippen molar-refractivity contribution in [1.29, 1.82) is 0 Å². The Labute approximate surface area is 189 Å². The third-order valence-electron chi connectivity index (χ3n) is 5.80. The van der Waals surface area contributed by atoms with Crippen LogP contribution in [0, 0.1) is 5.92 Å². The van der Waals surface area contributed by atoms with Gasteiger partial charge in [0.1, 0.15) is 17.1 Å². The molecule has 2 aliphatic rings. The number of rotatable bonds is 4. The van der Waals surface area contributed by atoms with E-state index in [1.807, 2.05) is 6.07 Å². The van der Waals surface area contributed by atoms with E-state index in [0.717, 1.165) is 82.5 Å². The molecule has 1 aliphatic heterocycles. The largest absolute Gasteiger partial charge is 0.491 e. The minimum atomic E-state index is 0.250. The van der Waals surface area contributed by atoms with Crippen LogP contribution in [0.3, 0.4) is 0 Å². The summed E-state index contributed by atoms with van der Waals surface area (Å²) in [7, 11) is 0. The molecule has 166 valence electrons. The summed E-state index contributed by atoms with van der Waals surface area (Å²) < 4.78 is 9.57. The van der Waals surface area contributed by atoms with Crippen LogP contribution in [0.15, 0.2) is 30.3 Å². The summed E-state index contributed by atoms with van der Waals surface area (Å²) in [5.74, 6) is 2.74. The molecule has 8 nitrogen and oxygen atoms in total. The highest BCUT2D eigenvalue weighted by Gasteiger charge is 2.22. The number of ether oxygens (including phenoxy) is 1. The van der Waals surface area contributed by atoms with E-state index in [0.29, 0.717) is 5.13 Å². The van der Waals surface area contributed by atoms with Crippen LogP contribution < -0.4 is 21.5 Å². The van der Waals surface area contributed by atoms with Gasteiger partial charge in [-0.25, -0.2) is 9.97 Å². The zero-order valence-corrected chi connectivity index (χ0v) is 18.5. The van der Waals surface area contributed by atoms with Crippen LogP contribution in [0.2, 0.25) is 0 Å². The minimum absolute atomic E-state index is 0.250. The van der Waals surface area contributed by atoms with E-state index in [1.165, 1.54) is 24.2 Å². The molecule has 0 saturated heterocycles. The Hall–Kier alpha value is -3.33. The number of nitrogens with zero attached hydrogens (tertiary/aromatic N) is 3. The molecule has 2 aromatic carbocycles. The lowest BCUT2D eigenvalue weighted by atomic mass is 10.2. The van der Waals surface area contributed by atoms with Crippen molar-refractivity contribution < 1.29 is 9.53 Å². The highest BCUT2D eigenvalue weighted by atomic mass is 32.1. The fraction of sp³-hybridized carbons (Fsp3) is 0.348. The third kappa shape index (κ3) is 4.08. The molecule has 9 heteroatoms. The van der Waals surface area contributed by atoms with E-state index in [-0.39, 0.29) is 6.41 Å². The van der Waals surface area contributed by atoms with E-state index >= 15 is 0 Å². The van der Waals surface area contributed by atoms with Gasteiger partial charge >= 0.3 is 0 Å². The smallest absolute Gasteiger partial charge is 0.204 e. The standard InChI is InChI=1S/C22H23N5OS.CH3NO/c23-22-26-16-6-5-14(9-19(16)29-22)21-25-17-10-15(24-12-13-3-4-13)11-18-20(17)27(21)7-1-2-8-28-18;2-1-3/h5-6,9-11,13,24H,1-4,7-8,12H2,(H2,23,26);1H,(H2,2,3). The van der Waals surface area contributed by atoms with Gasteiger partial charge in [0.25, 0.3) is 0 Å². The van der Waals surface area contributed by atoms with Crippen molar-refractivity contribution in [2.24, 2.45) is 11.7 Å². The van der Waals surface area contributed by atoms with Gasteiger partial charge in [-0.15, -0.1) is 0 Å². The Bertz CT molecular complexity index is 1280. The summed E-state index contributed by atoms with van der Waals surface area (Å²) in [4.78, 5) is 18.0. The van der Waals surface area contributed by atoms with Gasteiger partial charge in [0, 0.05) is 30.4 Å². The maximum atomic E-state index is 8.58. The molecule has 32 heavy (non-hydrogen) atoms. The molecule has 2 aromatic heterocycles. The molecule has 5 N–H and O–H groups in total. The van der Waals surface area contributed by atoms with E-state index in [2.05, 4.69) is 44.9 Å². The number of nitrogens with two attached hydrogens (primary N) is 2. The molecule has 6 rings (SSSR count). The number of nitrogen functional groups attached to an aromatic ring is 1. The number of imidazole rings is 1. The number of benzene rings is 2. The van der Waals surface area contributed by atoms with Gasteiger partial charge in [-0.2, -0.15) is 0 Å². The van der Waals surface area contributed by atoms with Crippen LogP contribution in [0.25, 0.3) is 32.6 Å². The molecular weight excluding hydrogens is 424 g/mol. The lowest BCUT2D eigenvalue weighted by Gasteiger charge is -2.17. The van der Waals surface area contributed by atoms with Gasteiger partial charge in [0.15, 0.2) is 5.13 Å². The molecule has 1 fully saturated rings. The number of hydrogen-bond acceptors (Lipinski definition) is 7. The average Bonchev–Trinajstić information content (AvgIpc) is 3.41. The highest BCUT2D eigenvalue weighted by Crippen LogP contribution is 2.37. The summed E-state index contributed by atoms with van der Waals surface area (Å²) in [6.45, 7) is 2.73. The first kappa shape index (κ1) is 20.6. The molecular formula is C23H26N6O2S. The Morgan fingerprint density at radius 1 is 1.19 bits per heavy atom. The molecule has 0 atom stereocenters. The van der Waals surface area contributed by atoms with Gasteiger partial charge in [-0.1, -0.05) is 11.3 Å². The number of carbonyl (C=O) groups is 1. The minimum Gasteiger partial charge on any atom is -0.491 e. The molecule has 4 aromatic rings. The SMILES string of the molecule is NC=O.Nc1nc2ccc(-c3nc4cc(NCC5CC5)cc5c4n3CCCCO5)cc2s1. The van der Waals surface area contributed by atoms with E-state index in [9.17, 15) is 0 Å². The number of aromatic nitrogens is 3. The summed E-state index contributed by atoms with van der Waals surface area (Å²) >= 11 is 1.52. The van der Waals surface area contributed by atoms with Crippen LogP contribution in [0.5, 0.6) is 5.75 Å². The van der Waals surface area contributed by atoms with Crippen molar-refractivity contribution in [3.8, 4) is 17.1 Å². The predicted molar refractivity (Wildman–Crippen MR) is 129 cm³/mol. The van der Waals surface area contributed by atoms with Crippen molar-refractivity contribution >= 4 is 49.8 Å². The number of nitrogens with one attached hydrogen (secondary N) is 1. The molecule has 1 aliphatic carbocycles. The second kappa shape index (κ2) is 8.66. The summed E-state index contributed by atoms with van der Waals surface area (Å²) in [6, 6.07) is 10.6. The first-order valence-corrected chi connectivity index (χ1v) is 11.7. The van der Waals surface area contributed by atoms with Crippen molar-refractivity contribution in [2.75, 3.05) is 24.2 Å². The zero-order chi connectivity index (χ0) is 22.1. The number of aryl methyl sites for hydroxylation is 1. The fourth-order valence-corrected chi connectivity index (χ4v) is 4.87. The average molecular weight is 451 g/mol. The Balaban J connectivity index is 0.000000684. The van der Waals surface area contributed by atoms with Crippen LogP contribution in [0.4, 0.5) is 10.8 Å². The lowest BCUT2D eigenvalue weighted by Crippen LogP contribution is -2.09. The number of thiazole rings is 1. The molecule has 3 heterocycles. The number of anilines is 2. The number of hydrogen-bond donors (Lipinski definition) is 3. The van der Waals surface area contributed by atoms with Gasteiger partial charge in [0.05, 0.1) is 22.3 Å². The summed E-state index contributed by atoms with van der Waals surface area (Å²) in [5, 5.41) is 4.18. The molecule has 0 radical (unpaired) electrons. The van der Waals surface area contributed by atoms with E-state index in [4.69, 9.17) is 20.2 Å². The number of primary amides is 1. The Morgan fingerprint density at radius 3 is 2.84 bits per heavy atom. The molecule has 0 spiro atoms. The second-order valence-electron chi connectivity index (χ2n) is 8.18. The topological polar surface area (TPSA) is 121 Å². The number of fused-ring (bicyclic) bond motifs is 1. The van der Waals surface area contributed by atoms with Gasteiger partial charge in [0.2, 0.25) is 6.41 Å². The second-order valence-corrected chi connectivity index (χ2v) is 9.24. The first-order valence-electron chi connectivity index (χ1n) is 10.9. The van der Waals surface area contributed by atoms with Crippen molar-refractivity contribution in [2.45, 2.75) is 32.2 Å². The van der Waals surface area contributed by atoms with Crippen molar-refractivity contribution in [3.05, 3.63) is 30.3 Å². The van der Waals surface area contributed by atoms with Gasteiger partial charge in [-0.05, 0) is 55.9 Å². The maximum Gasteiger partial charge on any atom is 0.204 e. The van der Waals surface area contributed by atoms with Crippen LogP contribution in [-0.2, 0) is 11.3 Å². The Kier molecular flexibility index (Phi) is 5.57. The van der Waals surface area contributed by atoms with Crippen LogP contribution in [-0.4, -0.2) is 34.1 Å². The number of amides is 1. The monoisotopic (exact) mass is 450 g/mol. The van der Waals surface area contributed by atoms with Crippen molar-refractivity contribution in [1.82, 2.24) is 14.5 Å². The van der Waals surface area contributed by atoms with Crippen LogP contribution >= 0.6 is 11.3 Å². The molecule has 1 saturated carbocycles. The molecule has 0 bridgehead atoms. The molecule has 1 amide bonds. The lowest BCUT2D eigenvalue weighted by molar-refractivity contribution is -0.106. The Morgan fingerprint density at radius 2 is 2.03 bits per heavy atom. The maximum absolute atomic E-state index is 8.58. The highest BCUT2D eigenvalue weighted by molar-refractivity contribution is 7.22. The first-order chi connectivity index (χ1) is 15.7. The van der Waals surface area contributed by atoms with Crippen molar-refractivity contribution in [3.63, 3.8) is 0 Å². The summed E-state index contributed by atoms with van der Waals surface area (Å²) in [6.07, 6.45) is 5.04. The zero-order valence-electron chi connectivity index (χ0n) is 17.7. The summed E-state index contributed by atoms with van der Waals surface area (Å²) in [5.41, 5.74) is 15.3. The van der Waals surface area contributed by atoms with E-state index in [1.54, 1.807) is 0 Å². The van der Waals surface area contributed by atoms with E-state index < -0.39 is 0 Å². The predicted octanol–water partition coefficient (Wildman–Crippen LogP) is 3.99. The number of carbonyl (C=O) groups excluding carboxylic acids is 1. The van der Waals surface area contributed by atoms with Gasteiger partial charge in [-0.3, -0.25) is 4.79 Å².